The Morgan fingerprint density at radius 2 is 1.97 bits per heavy atom. The molecule has 0 unspecified atom stereocenters. The first-order valence-corrected chi connectivity index (χ1v) is 8.61. The number of nitrogen functional groups attached to an aromatic ring is 1. The maximum atomic E-state index is 12.8. The zero-order valence-electron chi connectivity index (χ0n) is 15.6. The van der Waals surface area contributed by atoms with Crippen molar-refractivity contribution in [3.63, 3.8) is 0 Å². The number of carbonyl (C=O) groups excluding carboxylic acids is 1. The van der Waals surface area contributed by atoms with Gasteiger partial charge in [-0.2, -0.15) is 18.3 Å². The van der Waals surface area contributed by atoms with E-state index in [1.54, 1.807) is 24.3 Å². The lowest BCUT2D eigenvalue weighted by molar-refractivity contribution is -0.137. The number of aryl methyl sites for hydroxylation is 1. The molecule has 0 fully saturated rings. The van der Waals surface area contributed by atoms with E-state index in [0.717, 1.165) is 12.1 Å². The van der Waals surface area contributed by atoms with Crippen molar-refractivity contribution in [2.24, 2.45) is 0 Å². The summed E-state index contributed by atoms with van der Waals surface area (Å²) in [6.07, 6.45) is -3.45. The number of nitrogens with zero attached hydrogens (tertiary/aromatic N) is 3. The number of amides is 1. The van der Waals surface area contributed by atoms with Crippen LogP contribution in [-0.2, 0) is 12.6 Å². The summed E-state index contributed by atoms with van der Waals surface area (Å²) in [5.74, 6) is -0.0567. The van der Waals surface area contributed by atoms with Gasteiger partial charge in [0.15, 0.2) is 0 Å². The number of nitrogens with two attached hydrogens (primary N) is 1. The van der Waals surface area contributed by atoms with Gasteiger partial charge in [0.05, 0.1) is 18.4 Å². The number of methoxy groups -OCH3 is 1. The molecule has 3 rings (SSSR count). The normalized spacial score (nSPS) is 11.3. The molecule has 0 aliphatic rings. The van der Waals surface area contributed by atoms with Crippen molar-refractivity contribution in [1.29, 1.82) is 0 Å². The van der Waals surface area contributed by atoms with Gasteiger partial charge in [-0.25, -0.2) is 9.67 Å². The second kappa shape index (κ2) is 7.82. The second-order valence-electron chi connectivity index (χ2n) is 6.03. The molecule has 0 aliphatic carbocycles. The number of benzene rings is 1. The maximum absolute atomic E-state index is 12.8. The monoisotopic (exact) mass is 405 g/mol. The molecule has 0 bridgehead atoms. The minimum atomic E-state index is -4.51. The number of hydrogen-bond acceptors (Lipinski definition) is 5. The summed E-state index contributed by atoms with van der Waals surface area (Å²) in [6.45, 7) is 1.81. The van der Waals surface area contributed by atoms with Gasteiger partial charge in [-0.05, 0) is 30.7 Å². The van der Waals surface area contributed by atoms with Crippen molar-refractivity contribution in [3.8, 4) is 11.4 Å². The first-order valence-electron chi connectivity index (χ1n) is 8.61. The Balaban J connectivity index is 1.94. The molecule has 7 nitrogen and oxygen atoms in total. The molecule has 0 aliphatic heterocycles. The predicted molar refractivity (Wildman–Crippen MR) is 101 cm³/mol. The minimum Gasteiger partial charge on any atom is -0.494 e. The minimum absolute atomic E-state index is 0.0329. The maximum Gasteiger partial charge on any atom is 0.417 e. The number of hydrogen-bond donors (Lipinski definition) is 2. The van der Waals surface area contributed by atoms with Crippen LogP contribution in [0.15, 0.2) is 42.6 Å². The van der Waals surface area contributed by atoms with E-state index < -0.39 is 17.6 Å². The highest BCUT2D eigenvalue weighted by atomic mass is 19.4. The fourth-order valence-electron chi connectivity index (χ4n) is 2.78. The van der Waals surface area contributed by atoms with E-state index in [-0.39, 0.29) is 17.2 Å². The number of aromatic nitrogens is 3. The van der Waals surface area contributed by atoms with Crippen LogP contribution >= 0.6 is 0 Å². The zero-order valence-corrected chi connectivity index (χ0v) is 15.6. The first-order chi connectivity index (χ1) is 13.8. The Labute approximate surface area is 164 Å². The molecule has 1 amide bonds. The summed E-state index contributed by atoms with van der Waals surface area (Å²) in [5, 5.41) is 6.86. The highest BCUT2D eigenvalue weighted by Crippen LogP contribution is 2.30. The van der Waals surface area contributed by atoms with Gasteiger partial charge in [0.2, 0.25) is 0 Å². The molecule has 0 radical (unpaired) electrons. The van der Waals surface area contributed by atoms with Gasteiger partial charge in [0.1, 0.15) is 28.6 Å². The van der Waals surface area contributed by atoms with Crippen LogP contribution in [0.2, 0.25) is 0 Å². The van der Waals surface area contributed by atoms with E-state index in [0.29, 0.717) is 29.7 Å². The summed E-state index contributed by atoms with van der Waals surface area (Å²) in [6, 6.07) is 8.94. The molecule has 1 aromatic carbocycles. The number of halogens is 3. The largest absolute Gasteiger partial charge is 0.494 e. The number of ether oxygens (including phenoxy) is 1. The SMILES string of the molecule is CCc1nn(-c2ccccc2OC)c(N)c1C(=O)Nc1ccc(C(F)(F)F)cn1. The van der Waals surface area contributed by atoms with Crippen LogP contribution in [0, 0.1) is 0 Å². The number of nitrogens with one attached hydrogen (secondary N) is 1. The molecule has 2 heterocycles. The summed E-state index contributed by atoms with van der Waals surface area (Å²) in [7, 11) is 1.50. The molecule has 10 heteroatoms. The van der Waals surface area contributed by atoms with Crippen LogP contribution in [0.5, 0.6) is 5.75 Å². The number of alkyl halides is 3. The highest BCUT2D eigenvalue weighted by molar-refractivity contribution is 6.08. The molecule has 0 saturated carbocycles. The first kappa shape index (κ1) is 20.2. The lowest BCUT2D eigenvalue weighted by Crippen LogP contribution is -2.16. The Bertz CT molecular complexity index is 1030. The fourth-order valence-corrected chi connectivity index (χ4v) is 2.78. The van der Waals surface area contributed by atoms with Crippen molar-refractivity contribution >= 4 is 17.5 Å². The lowest BCUT2D eigenvalue weighted by atomic mass is 10.1. The van der Waals surface area contributed by atoms with E-state index in [1.165, 1.54) is 11.8 Å². The molecule has 2 aromatic heterocycles. The van der Waals surface area contributed by atoms with Crippen molar-refractivity contribution in [2.45, 2.75) is 19.5 Å². The molecule has 0 atom stereocenters. The van der Waals surface area contributed by atoms with E-state index in [9.17, 15) is 18.0 Å². The third kappa shape index (κ3) is 4.00. The molecular weight excluding hydrogens is 387 g/mol. The van der Waals surface area contributed by atoms with Gasteiger partial charge in [-0.1, -0.05) is 19.1 Å². The van der Waals surface area contributed by atoms with Crippen LogP contribution in [-0.4, -0.2) is 27.8 Å². The molecule has 0 spiro atoms. The summed E-state index contributed by atoms with van der Waals surface area (Å²) < 4.78 is 44.7. The fraction of sp³-hybridized carbons (Fsp3) is 0.211. The third-order valence-corrected chi connectivity index (χ3v) is 4.20. The molecule has 3 N–H and O–H groups in total. The average molecular weight is 405 g/mol. The van der Waals surface area contributed by atoms with Gasteiger partial charge in [0, 0.05) is 6.20 Å². The van der Waals surface area contributed by atoms with E-state index in [2.05, 4.69) is 15.4 Å². The van der Waals surface area contributed by atoms with Gasteiger partial charge in [0.25, 0.3) is 5.91 Å². The lowest BCUT2D eigenvalue weighted by Gasteiger charge is -2.10. The quantitative estimate of drug-likeness (QED) is 0.675. The van der Waals surface area contributed by atoms with Crippen LogP contribution in [0.3, 0.4) is 0 Å². The average Bonchev–Trinajstić information content (AvgIpc) is 3.04. The van der Waals surface area contributed by atoms with Gasteiger partial charge < -0.3 is 15.8 Å². The topological polar surface area (TPSA) is 95.1 Å². The molecule has 3 aromatic rings. The number of rotatable bonds is 5. The smallest absolute Gasteiger partial charge is 0.417 e. The van der Waals surface area contributed by atoms with E-state index in [1.807, 2.05) is 6.92 Å². The molecule has 29 heavy (non-hydrogen) atoms. The van der Waals surface area contributed by atoms with Gasteiger partial charge in [-0.15, -0.1) is 0 Å². The van der Waals surface area contributed by atoms with E-state index >= 15 is 0 Å². The second-order valence-corrected chi connectivity index (χ2v) is 6.03. The molecule has 152 valence electrons. The Hall–Kier alpha value is -3.56. The number of pyridine rings is 1. The summed E-state index contributed by atoms with van der Waals surface area (Å²) in [5.41, 5.74) is 6.38. The number of anilines is 2. The summed E-state index contributed by atoms with van der Waals surface area (Å²) in [4.78, 5) is 16.4. The van der Waals surface area contributed by atoms with Crippen molar-refractivity contribution in [1.82, 2.24) is 14.8 Å². The Morgan fingerprint density at radius 3 is 2.55 bits per heavy atom. The van der Waals surface area contributed by atoms with Crippen molar-refractivity contribution in [3.05, 3.63) is 59.4 Å². The van der Waals surface area contributed by atoms with Crippen LogP contribution < -0.4 is 15.8 Å². The van der Waals surface area contributed by atoms with Crippen LogP contribution in [0.25, 0.3) is 5.69 Å². The van der Waals surface area contributed by atoms with E-state index in [4.69, 9.17) is 10.5 Å². The van der Waals surface area contributed by atoms with Gasteiger partial charge in [-0.3, -0.25) is 4.79 Å². The summed E-state index contributed by atoms with van der Waals surface area (Å²) >= 11 is 0. The number of carbonyl (C=O) groups is 1. The third-order valence-electron chi connectivity index (χ3n) is 4.20. The van der Waals surface area contributed by atoms with Crippen molar-refractivity contribution < 1.29 is 22.7 Å². The number of para-hydroxylation sites is 2. The molecule has 0 saturated heterocycles. The Kier molecular flexibility index (Phi) is 5.44. The standard InChI is InChI=1S/C19H18F3N5O2/c1-3-12-16(17(23)27(26-12)13-6-4-5-7-14(13)29-2)18(28)25-15-9-8-11(10-24-15)19(20,21)22/h4-10H,3,23H2,1-2H3,(H,24,25,28). The van der Waals surface area contributed by atoms with Crippen LogP contribution in [0.4, 0.5) is 24.8 Å². The predicted octanol–water partition coefficient (Wildman–Crippen LogP) is 3.69. The van der Waals surface area contributed by atoms with Gasteiger partial charge >= 0.3 is 6.18 Å². The molecular formula is C19H18F3N5O2. The van der Waals surface area contributed by atoms with Crippen molar-refractivity contribution in [2.75, 3.05) is 18.2 Å². The Morgan fingerprint density at radius 1 is 1.24 bits per heavy atom. The highest BCUT2D eigenvalue weighted by Gasteiger charge is 2.31. The van der Waals surface area contributed by atoms with Crippen LogP contribution in [0.1, 0.15) is 28.5 Å². The zero-order chi connectivity index (χ0) is 21.2.